The molecule has 1 N–H and O–H groups in total. The van der Waals surface area contributed by atoms with Crippen LogP contribution in [-0.4, -0.2) is 49.7 Å². The highest BCUT2D eigenvalue weighted by atomic mass is 16.2. The van der Waals surface area contributed by atoms with E-state index in [9.17, 15) is 4.79 Å². The Balaban J connectivity index is 1.80. The van der Waals surface area contributed by atoms with E-state index in [1.54, 1.807) is 6.20 Å². The Labute approximate surface area is 148 Å². The van der Waals surface area contributed by atoms with Gasteiger partial charge in [-0.1, -0.05) is 0 Å². The predicted octanol–water partition coefficient (Wildman–Crippen LogP) is 2.59. The minimum atomic E-state index is 0.0236. The summed E-state index contributed by atoms with van der Waals surface area (Å²) >= 11 is 0. The van der Waals surface area contributed by atoms with Gasteiger partial charge in [-0.3, -0.25) is 4.79 Å². The Hall–Kier alpha value is -2.44. The molecule has 1 saturated heterocycles. The third-order valence-corrected chi connectivity index (χ3v) is 4.40. The highest BCUT2D eigenvalue weighted by Crippen LogP contribution is 2.25. The number of rotatable bonds is 4. The van der Waals surface area contributed by atoms with Gasteiger partial charge in [-0.2, -0.15) is 5.10 Å². The fourth-order valence-electron chi connectivity index (χ4n) is 3.36. The number of nitrogens with zero attached hydrogens (tertiary/aromatic N) is 5. The van der Waals surface area contributed by atoms with Gasteiger partial charge >= 0.3 is 0 Å². The van der Waals surface area contributed by atoms with Crippen LogP contribution in [0.5, 0.6) is 0 Å². The number of anilines is 1. The number of aromatic nitrogens is 4. The number of carbonyl (C=O) groups is 1. The van der Waals surface area contributed by atoms with E-state index in [0.717, 1.165) is 31.0 Å². The largest absolute Gasteiger partial charge is 0.367 e. The first-order valence-corrected chi connectivity index (χ1v) is 8.86. The van der Waals surface area contributed by atoms with Crippen molar-refractivity contribution in [3.63, 3.8) is 0 Å². The first-order valence-electron chi connectivity index (χ1n) is 8.86. The zero-order valence-electron chi connectivity index (χ0n) is 15.4. The van der Waals surface area contributed by atoms with Gasteiger partial charge in [-0.15, -0.1) is 0 Å². The molecule has 25 heavy (non-hydrogen) atoms. The maximum absolute atomic E-state index is 13.1. The van der Waals surface area contributed by atoms with Crippen molar-refractivity contribution in [3.8, 4) is 0 Å². The van der Waals surface area contributed by atoms with Crippen molar-refractivity contribution in [2.75, 3.05) is 18.4 Å². The maximum Gasteiger partial charge on any atom is 0.257 e. The SMILES string of the molecule is Cc1nc(C)n([C@H]2CCCN(C(=O)c3cccnc3NC(C)C)C2)n1. The molecule has 2 aromatic rings. The third-order valence-electron chi connectivity index (χ3n) is 4.40. The molecule has 3 heterocycles. The predicted molar refractivity (Wildman–Crippen MR) is 96.7 cm³/mol. The number of likely N-dealkylation sites (tertiary alicyclic amines) is 1. The lowest BCUT2D eigenvalue weighted by Crippen LogP contribution is -2.41. The van der Waals surface area contributed by atoms with Crippen LogP contribution in [0, 0.1) is 13.8 Å². The second-order valence-electron chi connectivity index (χ2n) is 6.90. The Bertz CT molecular complexity index is 754. The average molecular weight is 342 g/mol. The van der Waals surface area contributed by atoms with Gasteiger partial charge in [0, 0.05) is 25.3 Å². The topological polar surface area (TPSA) is 75.9 Å². The van der Waals surface area contributed by atoms with E-state index >= 15 is 0 Å². The number of aryl methyl sites for hydroxylation is 2. The summed E-state index contributed by atoms with van der Waals surface area (Å²) < 4.78 is 1.96. The smallest absolute Gasteiger partial charge is 0.257 e. The molecule has 0 spiro atoms. The summed E-state index contributed by atoms with van der Waals surface area (Å²) in [6, 6.07) is 4.05. The van der Waals surface area contributed by atoms with Crippen LogP contribution in [0.25, 0.3) is 0 Å². The molecule has 1 fully saturated rings. The quantitative estimate of drug-likeness (QED) is 0.924. The summed E-state index contributed by atoms with van der Waals surface area (Å²) in [5, 5.41) is 7.76. The van der Waals surface area contributed by atoms with Gasteiger partial charge < -0.3 is 10.2 Å². The molecule has 0 unspecified atom stereocenters. The van der Waals surface area contributed by atoms with Gasteiger partial charge in [0.1, 0.15) is 17.5 Å². The van der Waals surface area contributed by atoms with Crippen molar-refractivity contribution >= 4 is 11.7 Å². The Morgan fingerprint density at radius 1 is 1.36 bits per heavy atom. The van der Waals surface area contributed by atoms with Crippen LogP contribution in [-0.2, 0) is 0 Å². The van der Waals surface area contributed by atoms with Crippen molar-refractivity contribution in [2.45, 2.75) is 52.6 Å². The standard InChI is InChI=1S/C18H26N6O/c1-12(2)20-17-16(8-5-9-19-17)18(25)23-10-6-7-15(11-23)24-14(4)21-13(3)22-24/h5,8-9,12,15H,6-7,10-11H2,1-4H3,(H,19,20)/t15-/m0/s1. The summed E-state index contributed by atoms with van der Waals surface area (Å²) in [6.07, 6.45) is 3.68. The molecule has 7 nitrogen and oxygen atoms in total. The molecule has 1 aliphatic heterocycles. The fraction of sp³-hybridized carbons (Fsp3) is 0.556. The molecule has 134 valence electrons. The van der Waals surface area contributed by atoms with Crippen molar-refractivity contribution in [2.24, 2.45) is 0 Å². The van der Waals surface area contributed by atoms with Crippen molar-refractivity contribution < 1.29 is 4.79 Å². The molecule has 0 aromatic carbocycles. The van der Waals surface area contributed by atoms with E-state index in [-0.39, 0.29) is 18.0 Å². The summed E-state index contributed by atoms with van der Waals surface area (Å²) in [5.41, 5.74) is 0.628. The van der Waals surface area contributed by atoms with E-state index in [4.69, 9.17) is 0 Å². The Morgan fingerprint density at radius 3 is 2.84 bits per heavy atom. The number of carbonyl (C=O) groups excluding carboxylic acids is 1. The lowest BCUT2D eigenvalue weighted by atomic mass is 10.0. The molecule has 0 saturated carbocycles. The molecule has 1 aliphatic rings. The summed E-state index contributed by atoms with van der Waals surface area (Å²) in [6.45, 7) is 9.35. The molecule has 1 amide bonds. The maximum atomic E-state index is 13.1. The van der Waals surface area contributed by atoms with E-state index in [1.165, 1.54) is 0 Å². The lowest BCUT2D eigenvalue weighted by Gasteiger charge is -2.33. The van der Waals surface area contributed by atoms with Crippen LogP contribution in [0.3, 0.4) is 0 Å². The first kappa shape index (κ1) is 17.4. The Kier molecular flexibility index (Phi) is 5.01. The van der Waals surface area contributed by atoms with Crippen molar-refractivity contribution in [3.05, 3.63) is 35.5 Å². The number of hydrogen-bond acceptors (Lipinski definition) is 5. The zero-order chi connectivity index (χ0) is 18.0. The first-order chi connectivity index (χ1) is 12.0. The van der Waals surface area contributed by atoms with Gasteiger partial charge in [-0.05, 0) is 52.7 Å². The number of piperidine rings is 1. The zero-order valence-corrected chi connectivity index (χ0v) is 15.4. The molecule has 0 radical (unpaired) electrons. The molecular weight excluding hydrogens is 316 g/mol. The van der Waals surface area contributed by atoms with Crippen LogP contribution in [0.15, 0.2) is 18.3 Å². The van der Waals surface area contributed by atoms with Crippen molar-refractivity contribution in [1.82, 2.24) is 24.6 Å². The highest BCUT2D eigenvalue weighted by molar-refractivity contribution is 5.98. The molecule has 7 heteroatoms. The molecule has 0 aliphatic carbocycles. The molecule has 1 atom stereocenters. The molecule has 2 aromatic heterocycles. The third kappa shape index (κ3) is 3.81. The van der Waals surface area contributed by atoms with Crippen LogP contribution in [0.4, 0.5) is 5.82 Å². The van der Waals surface area contributed by atoms with E-state index in [0.29, 0.717) is 17.9 Å². The van der Waals surface area contributed by atoms with Crippen LogP contribution < -0.4 is 5.32 Å². The molecule has 3 rings (SSSR count). The van der Waals surface area contributed by atoms with E-state index < -0.39 is 0 Å². The minimum Gasteiger partial charge on any atom is -0.367 e. The second kappa shape index (κ2) is 7.21. The van der Waals surface area contributed by atoms with Gasteiger partial charge in [0.2, 0.25) is 0 Å². The van der Waals surface area contributed by atoms with Gasteiger partial charge in [-0.25, -0.2) is 14.6 Å². The van der Waals surface area contributed by atoms with Crippen LogP contribution in [0.2, 0.25) is 0 Å². The number of hydrogen-bond donors (Lipinski definition) is 1. The summed E-state index contributed by atoms with van der Waals surface area (Å²) in [4.78, 5) is 23.7. The summed E-state index contributed by atoms with van der Waals surface area (Å²) in [5.74, 6) is 2.35. The molecular formula is C18H26N6O. The number of pyridine rings is 1. The van der Waals surface area contributed by atoms with E-state index in [2.05, 4.69) is 20.4 Å². The molecule has 0 bridgehead atoms. The minimum absolute atomic E-state index is 0.0236. The second-order valence-corrected chi connectivity index (χ2v) is 6.90. The lowest BCUT2D eigenvalue weighted by molar-refractivity contribution is 0.0672. The van der Waals surface area contributed by atoms with Gasteiger partial charge in [0.05, 0.1) is 11.6 Å². The van der Waals surface area contributed by atoms with Gasteiger partial charge in [0.15, 0.2) is 0 Å². The number of nitrogens with one attached hydrogen (secondary N) is 1. The monoisotopic (exact) mass is 342 g/mol. The van der Waals surface area contributed by atoms with Crippen LogP contribution >= 0.6 is 0 Å². The number of amides is 1. The normalized spacial score (nSPS) is 17.8. The van der Waals surface area contributed by atoms with Crippen LogP contribution in [0.1, 0.15) is 54.7 Å². The van der Waals surface area contributed by atoms with Crippen molar-refractivity contribution in [1.29, 1.82) is 0 Å². The fourth-order valence-corrected chi connectivity index (χ4v) is 3.36. The summed E-state index contributed by atoms with van der Waals surface area (Å²) in [7, 11) is 0. The Morgan fingerprint density at radius 2 is 2.16 bits per heavy atom. The van der Waals surface area contributed by atoms with Gasteiger partial charge in [0.25, 0.3) is 5.91 Å². The average Bonchev–Trinajstić information content (AvgIpc) is 2.93. The highest BCUT2D eigenvalue weighted by Gasteiger charge is 2.28. The van der Waals surface area contributed by atoms with E-state index in [1.807, 2.05) is 49.4 Å².